The smallest absolute Gasteiger partial charge is 0.268 e. The minimum absolute atomic E-state index is 0.108. The van der Waals surface area contributed by atoms with Crippen molar-refractivity contribution in [2.75, 3.05) is 19.5 Å². The van der Waals surface area contributed by atoms with E-state index >= 15 is 0 Å². The molecule has 138 valence electrons. The van der Waals surface area contributed by atoms with Crippen molar-refractivity contribution in [3.8, 4) is 28.8 Å². The number of carbonyl (C=O) groups excluding carboxylic acids is 1. The monoisotopic (exact) mass is 448 g/mol. The molecule has 1 amide bonds. The first-order chi connectivity index (χ1) is 13.1. The molecule has 1 aliphatic heterocycles. The number of anilines is 1. The number of hydrogen-bond acceptors (Lipinski definition) is 8. The third-order valence-electron chi connectivity index (χ3n) is 3.87. The van der Waals surface area contributed by atoms with Crippen molar-refractivity contribution in [1.29, 1.82) is 0 Å². The number of thiazole rings is 1. The molecule has 3 heterocycles. The second-order valence-corrected chi connectivity index (χ2v) is 7.44. The van der Waals surface area contributed by atoms with Crippen molar-refractivity contribution in [1.82, 2.24) is 15.0 Å². The minimum Gasteiger partial charge on any atom is -0.487 e. The maximum absolute atomic E-state index is 12.8. The van der Waals surface area contributed by atoms with Crippen molar-refractivity contribution in [3.63, 3.8) is 0 Å². The van der Waals surface area contributed by atoms with Crippen LogP contribution in [0.2, 0.25) is 0 Å². The van der Waals surface area contributed by atoms with E-state index in [4.69, 9.17) is 14.2 Å². The fourth-order valence-corrected chi connectivity index (χ4v) is 3.91. The summed E-state index contributed by atoms with van der Waals surface area (Å²) in [5, 5.41) is 3.21. The predicted octanol–water partition coefficient (Wildman–Crippen LogP) is 3.52. The van der Waals surface area contributed by atoms with E-state index in [0.29, 0.717) is 11.7 Å². The molecular weight excluding hydrogens is 436 g/mol. The highest BCUT2D eigenvalue weighted by Crippen LogP contribution is 2.42. The Morgan fingerprint density at radius 2 is 2.00 bits per heavy atom. The summed E-state index contributed by atoms with van der Waals surface area (Å²) in [5.74, 6) is 0.533. The summed E-state index contributed by atoms with van der Waals surface area (Å²) in [6.07, 6.45) is 1.27. The number of carbonyl (C=O) groups is 1. The van der Waals surface area contributed by atoms with Crippen LogP contribution in [0.1, 0.15) is 15.2 Å². The largest absolute Gasteiger partial charge is 0.487 e. The minimum atomic E-state index is -0.465. The van der Waals surface area contributed by atoms with Crippen molar-refractivity contribution in [3.05, 3.63) is 39.4 Å². The summed E-state index contributed by atoms with van der Waals surface area (Å²) in [6.45, 7) is 0.396. The van der Waals surface area contributed by atoms with E-state index in [9.17, 15) is 4.79 Å². The zero-order chi connectivity index (χ0) is 19.0. The summed E-state index contributed by atoms with van der Waals surface area (Å²) in [5.41, 5.74) is 1.79. The number of nitrogens with one attached hydrogen (secondary N) is 1. The molecule has 27 heavy (non-hydrogen) atoms. The van der Waals surface area contributed by atoms with Gasteiger partial charge in [-0.3, -0.25) is 10.1 Å². The van der Waals surface area contributed by atoms with E-state index in [-0.39, 0.29) is 17.3 Å². The third kappa shape index (κ3) is 3.21. The number of fused-ring (bicyclic) bond motifs is 3. The normalized spacial score (nSPS) is 11.8. The Hall–Kier alpha value is -2.72. The van der Waals surface area contributed by atoms with E-state index in [1.807, 2.05) is 18.2 Å². The summed E-state index contributed by atoms with van der Waals surface area (Å²) in [4.78, 5) is 26.2. The Morgan fingerprint density at radius 1 is 1.26 bits per heavy atom. The number of halogens is 1. The molecule has 0 saturated heterocycles. The van der Waals surface area contributed by atoms with Crippen molar-refractivity contribution in [2.24, 2.45) is 0 Å². The fraction of sp³-hybridized carbons (Fsp3) is 0.176. The molecule has 0 radical (unpaired) electrons. The van der Waals surface area contributed by atoms with Gasteiger partial charge in [0.05, 0.1) is 24.8 Å². The standard InChI is InChI=1S/C17H13BrN4O4S/c1-24-15-12(16(25-2)20-7-19-15)14(23)22-17-21-13-9-4-3-8(18)5-10(9)26-6-11(13)27-17/h3-5,7H,6H2,1-2H3,(H,21,22,23). The Bertz CT molecular complexity index is 1020. The quantitative estimate of drug-likeness (QED) is 0.651. The number of rotatable bonds is 4. The number of nitrogens with zero attached hydrogens (tertiary/aromatic N) is 3. The maximum atomic E-state index is 12.8. The summed E-state index contributed by atoms with van der Waals surface area (Å²) >= 11 is 4.78. The zero-order valence-corrected chi connectivity index (χ0v) is 16.7. The van der Waals surface area contributed by atoms with Crippen LogP contribution < -0.4 is 19.5 Å². The molecule has 1 N–H and O–H groups in total. The number of hydrogen-bond donors (Lipinski definition) is 1. The molecule has 3 aromatic rings. The fourth-order valence-electron chi connectivity index (χ4n) is 2.69. The van der Waals surface area contributed by atoms with Crippen molar-refractivity contribution >= 4 is 38.3 Å². The van der Waals surface area contributed by atoms with Crippen LogP contribution in [0.25, 0.3) is 11.3 Å². The van der Waals surface area contributed by atoms with E-state index in [2.05, 4.69) is 36.2 Å². The van der Waals surface area contributed by atoms with Crippen LogP contribution >= 0.6 is 27.3 Å². The zero-order valence-electron chi connectivity index (χ0n) is 14.3. The van der Waals surface area contributed by atoms with Gasteiger partial charge in [0.15, 0.2) is 10.7 Å². The molecule has 0 aliphatic carbocycles. The van der Waals surface area contributed by atoms with Gasteiger partial charge < -0.3 is 14.2 Å². The predicted molar refractivity (Wildman–Crippen MR) is 103 cm³/mol. The summed E-state index contributed by atoms with van der Waals surface area (Å²) in [6, 6.07) is 5.75. The van der Waals surface area contributed by atoms with Gasteiger partial charge in [-0.05, 0) is 18.2 Å². The van der Waals surface area contributed by atoms with Crippen LogP contribution in [0.15, 0.2) is 29.0 Å². The molecule has 1 aromatic carbocycles. The van der Waals surface area contributed by atoms with Gasteiger partial charge >= 0.3 is 0 Å². The van der Waals surface area contributed by atoms with E-state index in [1.54, 1.807) is 0 Å². The Labute approximate surface area is 166 Å². The number of methoxy groups -OCH3 is 2. The molecule has 4 rings (SSSR count). The first-order valence-electron chi connectivity index (χ1n) is 7.77. The molecular formula is C17H13BrN4O4S. The van der Waals surface area contributed by atoms with Crippen molar-refractivity contribution in [2.45, 2.75) is 6.61 Å². The van der Waals surface area contributed by atoms with Gasteiger partial charge in [-0.2, -0.15) is 0 Å². The van der Waals surface area contributed by atoms with Crippen LogP contribution in [-0.4, -0.2) is 35.1 Å². The molecule has 2 aromatic heterocycles. The number of ether oxygens (including phenoxy) is 3. The van der Waals surface area contributed by atoms with E-state index in [0.717, 1.165) is 26.4 Å². The van der Waals surface area contributed by atoms with Gasteiger partial charge in [-0.25, -0.2) is 15.0 Å². The first-order valence-corrected chi connectivity index (χ1v) is 9.38. The lowest BCUT2D eigenvalue weighted by Crippen LogP contribution is -2.16. The molecule has 0 spiro atoms. The molecule has 0 unspecified atom stereocenters. The lowest BCUT2D eigenvalue weighted by Gasteiger charge is -2.16. The highest BCUT2D eigenvalue weighted by Gasteiger charge is 2.25. The molecule has 0 atom stereocenters. The second kappa shape index (κ2) is 7.12. The Kier molecular flexibility index (Phi) is 4.66. The average Bonchev–Trinajstić information content (AvgIpc) is 3.09. The highest BCUT2D eigenvalue weighted by molar-refractivity contribution is 9.10. The molecule has 0 saturated carbocycles. The van der Waals surface area contributed by atoms with Gasteiger partial charge in [0.25, 0.3) is 5.91 Å². The van der Waals surface area contributed by atoms with Gasteiger partial charge in [0.2, 0.25) is 11.8 Å². The lowest BCUT2D eigenvalue weighted by atomic mass is 10.1. The van der Waals surface area contributed by atoms with Crippen LogP contribution in [0.4, 0.5) is 5.13 Å². The van der Waals surface area contributed by atoms with Gasteiger partial charge in [0, 0.05) is 10.0 Å². The average molecular weight is 449 g/mol. The van der Waals surface area contributed by atoms with E-state index in [1.165, 1.54) is 31.9 Å². The Balaban J connectivity index is 1.66. The third-order valence-corrected chi connectivity index (χ3v) is 5.30. The van der Waals surface area contributed by atoms with Gasteiger partial charge in [-0.15, -0.1) is 0 Å². The second-order valence-electron chi connectivity index (χ2n) is 5.44. The lowest BCUT2D eigenvalue weighted by molar-refractivity contribution is 0.101. The first kappa shape index (κ1) is 17.7. The number of aromatic nitrogens is 3. The summed E-state index contributed by atoms with van der Waals surface area (Å²) in [7, 11) is 2.85. The number of amides is 1. The van der Waals surface area contributed by atoms with E-state index < -0.39 is 5.91 Å². The van der Waals surface area contributed by atoms with Crippen LogP contribution in [0, 0.1) is 0 Å². The number of benzene rings is 1. The molecule has 1 aliphatic rings. The summed E-state index contributed by atoms with van der Waals surface area (Å²) < 4.78 is 17.0. The van der Waals surface area contributed by atoms with Crippen LogP contribution in [-0.2, 0) is 6.61 Å². The molecule has 0 fully saturated rings. The van der Waals surface area contributed by atoms with Crippen LogP contribution in [0.3, 0.4) is 0 Å². The topological polar surface area (TPSA) is 95.5 Å². The van der Waals surface area contributed by atoms with Gasteiger partial charge in [-0.1, -0.05) is 27.3 Å². The maximum Gasteiger partial charge on any atom is 0.268 e. The van der Waals surface area contributed by atoms with Crippen LogP contribution in [0.5, 0.6) is 17.5 Å². The molecule has 8 nitrogen and oxygen atoms in total. The SMILES string of the molecule is COc1ncnc(OC)c1C(=O)Nc1nc2c(s1)COc1cc(Br)ccc1-2. The Morgan fingerprint density at radius 3 is 2.70 bits per heavy atom. The molecule has 10 heteroatoms. The van der Waals surface area contributed by atoms with Gasteiger partial charge in [0.1, 0.15) is 18.7 Å². The van der Waals surface area contributed by atoms with Crippen molar-refractivity contribution < 1.29 is 19.0 Å². The molecule has 0 bridgehead atoms. The highest BCUT2D eigenvalue weighted by atomic mass is 79.9.